The second kappa shape index (κ2) is 5.48. The summed E-state index contributed by atoms with van der Waals surface area (Å²) in [5.41, 5.74) is 8.18. The van der Waals surface area contributed by atoms with Gasteiger partial charge in [0.25, 0.3) is 0 Å². The molecule has 0 saturated carbocycles. The van der Waals surface area contributed by atoms with Crippen LogP contribution in [0, 0.1) is 5.41 Å². The average molecular weight is 232 g/mol. The van der Waals surface area contributed by atoms with Gasteiger partial charge in [0.2, 0.25) is 0 Å². The van der Waals surface area contributed by atoms with E-state index >= 15 is 0 Å². The van der Waals surface area contributed by atoms with Crippen LogP contribution in [0.2, 0.25) is 0 Å². The van der Waals surface area contributed by atoms with Crippen LogP contribution in [-0.4, -0.2) is 15.4 Å². The number of fused-ring (bicyclic) bond motifs is 1. The number of aromatic nitrogens is 2. The maximum absolute atomic E-state index is 7.38. The third-order valence-electron chi connectivity index (χ3n) is 2.60. The van der Waals surface area contributed by atoms with Crippen molar-refractivity contribution in [2.24, 2.45) is 12.8 Å². The molecule has 0 fully saturated rings. The molecule has 2 rings (SSSR count). The number of imidazole rings is 1. The maximum atomic E-state index is 7.38. The fourth-order valence-corrected chi connectivity index (χ4v) is 1.72. The van der Waals surface area contributed by atoms with Crippen molar-refractivity contribution < 1.29 is 0 Å². The van der Waals surface area contributed by atoms with Crippen molar-refractivity contribution in [3.05, 3.63) is 29.6 Å². The largest absolute Gasteiger partial charge is 0.384 e. The number of benzene rings is 1. The number of nitrogen functional groups attached to an aromatic ring is 1. The van der Waals surface area contributed by atoms with Crippen molar-refractivity contribution in [2.75, 3.05) is 0 Å². The van der Waals surface area contributed by atoms with Crippen molar-refractivity contribution >= 4 is 16.9 Å². The Morgan fingerprint density at radius 3 is 2.59 bits per heavy atom. The van der Waals surface area contributed by atoms with Gasteiger partial charge < -0.3 is 10.3 Å². The van der Waals surface area contributed by atoms with E-state index in [0.29, 0.717) is 0 Å². The highest BCUT2D eigenvalue weighted by Crippen LogP contribution is 2.16. The highest BCUT2D eigenvalue weighted by atomic mass is 15.1. The second-order valence-electron chi connectivity index (χ2n) is 3.56. The summed E-state index contributed by atoms with van der Waals surface area (Å²) in [6, 6.07) is 5.64. The van der Waals surface area contributed by atoms with Gasteiger partial charge in [-0.1, -0.05) is 20.8 Å². The number of hydrogen-bond acceptors (Lipinski definition) is 2. The lowest BCUT2D eigenvalue weighted by Crippen LogP contribution is -2.10. The zero-order valence-corrected chi connectivity index (χ0v) is 10.9. The number of aryl methyl sites for hydroxylation is 2. The van der Waals surface area contributed by atoms with Crippen molar-refractivity contribution in [2.45, 2.75) is 27.2 Å². The van der Waals surface area contributed by atoms with Crippen LogP contribution >= 0.6 is 0 Å². The molecular weight excluding hydrogens is 212 g/mol. The van der Waals surface area contributed by atoms with E-state index in [2.05, 4.69) is 11.9 Å². The molecule has 0 atom stereocenters. The summed E-state index contributed by atoms with van der Waals surface area (Å²) in [6.07, 6.45) is 0.903. The minimum absolute atomic E-state index is 0.0937. The van der Waals surface area contributed by atoms with Crippen LogP contribution in [0.25, 0.3) is 11.0 Å². The average Bonchev–Trinajstić information content (AvgIpc) is 2.68. The Labute approximate surface area is 102 Å². The predicted molar refractivity (Wildman–Crippen MR) is 72.5 cm³/mol. The number of nitrogens with one attached hydrogen (secondary N) is 1. The highest BCUT2D eigenvalue weighted by molar-refractivity contribution is 5.98. The van der Waals surface area contributed by atoms with Crippen molar-refractivity contribution in [3.8, 4) is 0 Å². The molecule has 0 spiro atoms. The molecular formula is C13H20N4. The summed E-state index contributed by atoms with van der Waals surface area (Å²) in [4.78, 5) is 4.48. The predicted octanol–water partition coefficient (Wildman–Crippen LogP) is 2.45. The number of hydrogen-bond donors (Lipinski definition) is 2. The van der Waals surface area contributed by atoms with Crippen molar-refractivity contribution in [3.63, 3.8) is 0 Å². The molecule has 0 aliphatic heterocycles. The minimum Gasteiger partial charge on any atom is -0.384 e. The van der Waals surface area contributed by atoms with Crippen molar-refractivity contribution in [1.29, 1.82) is 5.41 Å². The fraction of sp³-hybridized carbons (Fsp3) is 0.385. The molecule has 3 N–H and O–H groups in total. The Morgan fingerprint density at radius 1 is 1.41 bits per heavy atom. The van der Waals surface area contributed by atoms with Gasteiger partial charge in [0, 0.05) is 19.0 Å². The number of nitrogens with two attached hydrogens (primary N) is 1. The molecule has 4 heteroatoms. The third-order valence-corrected chi connectivity index (χ3v) is 2.60. The smallest absolute Gasteiger partial charge is 0.122 e. The molecule has 92 valence electrons. The SMILES string of the molecule is CC.CCc1nc2ccc(C(=N)N)cc2n1C. The molecule has 2 aromatic rings. The van der Waals surface area contributed by atoms with Crippen LogP contribution in [0.5, 0.6) is 0 Å². The van der Waals surface area contributed by atoms with E-state index < -0.39 is 0 Å². The summed E-state index contributed by atoms with van der Waals surface area (Å²) in [7, 11) is 1.98. The van der Waals surface area contributed by atoms with E-state index in [1.807, 2.05) is 43.7 Å². The molecule has 17 heavy (non-hydrogen) atoms. The normalized spacial score (nSPS) is 9.88. The van der Waals surface area contributed by atoms with Crippen LogP contribution in [0.3, 0.4) is 0 Å². The van der Waals surface area contributed by atoms with Gasteiger partial charge in [0.1, 0.15) is 11.7 Å². The fourth-order valence-electron chi connectivity index (χ4n) is 1.72. The molecule has 0 saturated heterocycles. The lowest BCUT2D eigenvalue weighted by atomic mass is 10.2. The number of rotatable bonds is 2. The van der Waals surface area contributed by atoms with Gasteiger partial charge in [-0.05, 0) is 18.2 Å². The first-order chi connectivity index (χ1) is 8.13. The molecule has 1 heterocycles. The van der Waals surface area contributed by atoms with Gasteiger partial charge in [-0.25, -0.2) is 4.98 Å². The van der Waals surface area contributed by atoms with Gasteiger partial charge in [-0.3, -0.25) is 5.41 Å². The third kappa shape index (κ3) is 2.46. The van der Waals surface area contributed by atoms with Gasteiger partial charge in [0.05, 0.1) is 11.0 Å². The van der Waals surface area contributed by atoms with Crippen LogP contribution < -0.4 is 5.73 Å². The summed E-state index contributed by atoms with van der Waals surface area (Å²) < 4.78 is 2.04. The van der Waals surface area contributed by atoms with E-state index in [0.717, 1.165) is 28.8 Å². The monoisotopic (exact) mass is 232 g/mol. The van der Waals surface area contributed by atoms with Crippen LogP contribution in [-0.2, 0) is 13.5 Å². The van der Waals surface area contributed by atoms with Gasteiger partial charge in [0.15, 0.2) is 0 Å². The molecule has 0 aliphatic rings. The zero-order valence-electron chi connectivity index (χ0n) is 10.9. The second-order valence-corrected chi connectivity index (χ2v) is 3.56. The van der Waals surface area contributed by atoms with Gasteiger partial charge in [-0.15, -0.1) is 0 Å². The Hall–Kier alpha value is -1.84. The molecule has 1 aromatic carbocycles. The van der Waals surface area contributed by atoms with Crippen molar-refractivity contribution in [1.82, 2.24) is 9.55 Å². The maximum Gasteiger partial charge on any atom is 0.122 e. The molecule has 1 aromatic heterocycles. The summed E-state index contributed by atoms with van der Waals surface area (Å²) in [5, 5.41) is 7.38. The Morgan fingerprint density at radius 2 is 2.06 bits per heavy atom. The first-order valence-corrected chi connectivity index (χ1v) is 5.93. The highest BCUT2D eigenvalue weighted by Gasteiger charge is 2.07. The molecule has 4 nitrogen and oxygen atoms in total. The van der Waals surface area contributed by atoms with Crippen LogP contribution in [0.15, 0.2) is 18.2 Å². The van der Waals surface area contributed by atoms with Gasteiger partial charge in [-0.2, -0.15) is 0 Å². The topological polar surface area (TPSA) is 67.7 Å². The molecule has 0 unspecified atom stereocenters. The molecule has 0 aliphatic carbocycles. The van der Waals surface area contributed by atoms with E-state index in [4.69, 9.17) is 11.1 Å². The van der Waals surface area contributed by atoms with E-state index in [9.17, 15) is 0 Å². The van der Waals surface area contributed by atoms with Gasteiger partial charge >= 0.3 is 0 Å². The summed E-state index contributed by atoms with van der Waals surface area (Å²) in [6.45, 7) is 6.08. The summed E-state index contributed by atoms with van der Waals surface area (Å²) in [5.74, 6) is 1.14. The van der Waals surface area contributed by atoms with E-state index in [-0.39, 0.29) is 5.84 Å². The van der Waals surface area contributed by atoms with Crippen LogP contribution in [0.1, 0.15) is 32.2 Å². The Kier molecular flexibility index (Phi) is 4.26. The van der Waals surface area contributed by atoms with E-state index in [1.54, 1.807) is 0 Å². The first-order valence-electron chi connectivity index (χ1n) is 5.93. The number of amidine groups is 1. The Bertz CT molecular complexity index is 525. The summed E-state index contributed by atoms with van der Waals surface area (Å²) >= 11 is 0. The quantitative estimate of drug-likeness (QED) is 0.617. The lowest BCUT2D eigenvalue weighted by Gasteiger charge is -2.00. The number of nitrogens with zero attached hydrogens (tertiary/aromatic N) is 2. The van der Waals surface area contributed by atoms with Crippen LogP contribution in [0.4, 0.5) is 0 Å². The first kappa shape index (κ1) is 13.2. The molecule has 0 amide bonds. The molecule has 0 bridgehead atoms. The molecule has 0 radical (unpaired) electrons. The lowest BCUT2D eigenvalue weighted by molar-refractivity contribution is 0.829. The van der Waals surface area contributed by atoms with E-state index in [1.165, 1.54) is 0 Å². The zero-order chi connectivity index (χ0) is 13.0. The Balaban J connectivity index is 0.000000686. The minimum atomic E-state index is 0.0937. The standard InChI is InChI=1S/C11H14N4.C2H6/c1-3-10-14-8-5-4-7(11(12)13)6-9(8)15(10)2;1-2/h4-6H,3H2,1-2H3,(H3,12,13);1-2H3.